The molecule has 1 heterocycles. The number of hydrogen-bond acceptors (Lipinski definition) is 3. The molecule has 1 saturated heterocycles. The molecule has 0 unspecified atom stereocenters. The van der Waals surface area contributed by atoms with E-state index in [-0.39, 0.29) is 5.56 Å². The van der Waals surface area contributed by atoms with Gasteiger partial charge in [0.05, 0.1) is 17.9 Å². The minimum atomic E-state index is -0.929. The molecule has 0 amide bonds. The molecule has 92 valence electrons. The van der Waals surface area contributed by atoms with Gasteiger partial charge in [-0.1, -0.05) is 11.6 Å². The third-order valence-corrected chi connectivity index (χ3v) is 2.99. The molecule has 1 fully saturated rings. The van der Waals surface area contributed by atoms with Gasteiger partial charge in [0.25, 0.3) is 0 Å². The Morgan fingerprint density at radius 3 is 2.94 bits per heavy atom. The first-order valence-corrected chi connectivity index (χ1v) is 5.92. The van der Waals surface area contributed by atoms with Crippen LogP contribution < -0.4 is 4.90 Å². The zero-order valence-electron chi connectivity index (χ0n) is 9.36. The van der Waals surface area contributed by atoms with Crippen LogP contribution in [-0.4, -0.2) is 37.4 Å². The number of halogens is 1. The Kier molecular flexibility index (Phi) is 3.86. The molecule has 2 rings (SSSR count). The van der Waals surface area contributed by atoms with E-state index in [4.69, 9.17) is 21.4 Å². The predicted octanol–water partition coefficient (Wildman–Crippen LogP) is 2.26. The van der Waals surface area contributed by atoms with Crippen molar-refractivity contribution in [3.63, 3.8) is 0 Å². The Balaban J connectivity index is 2.34. The molecule has 0 aromatic heterocycles. The number of aromatic carboxylic acids is 1. The van der Waals surface area contributed by atoms with Crippen LogP contribution in [-0.2, 0) is 4.74 Å². The second-order valence-electron chi connectivity index (χ2n) is 3.92. The summed E-state index contributed by atoms with van der Waals surface area (Å²) in [5.74, 6) is -0.929. The van der Waals surface area contributed by atoms with E-state index < -0.39 is 5.97 Å². The maximum Gasteiger partial charge on any atom is 0.337 e. The van der Waals surface area contributed by atoms with E-state index in [1.807, 2.05) is 4.90 Å². The lowest BCUT2D eigenvalue weighted by Gasteiger charge is -2.23. The Hall–Kier alpha value is -1.26. The molecule has 1 aliphatic rings. The fourth-order valence-electron chi connectivity index (χ4n) is 1.93. The van der Waals surface area contributed by atoms with Crippen molar-refractivity contribution in [3.8, 4) is 0 Å². The first kappa shape index (κ1) is 12.2. The van der Waals surface area contributed by atoms with Gasteiger partial charge < -0.3 is 14.7 Å². The Morgan fingerprint density at radius 2 is 2.18 bits per heavy atom. The van der Waals surface area contributed by atoms with Crippen LogP contribution in [0.1, 0.15) is 16.8 Å². The maximum absolute atomic E-state index is 11.2. The lowest BCUT2D eigenvalue weighted by Crippen LogP contribution is -2.27. The standard InChI is InChI=1S/C12H14ClNO3/c13-9-2-3-10(12(15)16)11(8-9)14-4-1-6-17-7-5-14/h2-3,8H,1,4-7H2,(H,15,16). The zero-order chi connectivity index (χ0) is 12.3. The van der Waals surface area contributed by atoms with Gasteiger partial charge in [-0.05, 0) is 24.6 Å². The van der Waals surface area contributed by atoms with Gasteiger partial charge in [0, 0.05) is 24.7 Å². The summed E-state index contributed by atoms with van der Waals surface area (Å²) in [5.41, 5.74) is 0.965. The summed E-state index contributed by atoms with van der Waals surface area (Å²) >= 11 is 5.93. The summed E-state index contributed by atoms with van der Waals surface area (Å²) in [6, 6.07) is 4.85. The van der Waals surface area contributed by atoms with E-state index in [9.17, 15) is 4.79 Å². The van der Waals surface area contributed by atoms with E-state index in [0.29, 0.717) is 23.9 Å². The number of rotatable bonds is 2. The molecular weight excluding hydrogens is 242 g/mol. The van der Waals surface area contributed by atoms with Gasteiger partial charge in [-0.15, -0.1) is 0 Å². The summed E-state index contributed by atoms with van der Waals surface area (Å²) in [7, 11) is 0. The van der Waals surface area contributed by atoms with Crippen molar-refractivity contribution in [2.45, 2.75) is 6.42 Å². The number of benzene rings is 1. The van der Waals surface area contributed by atoms with E-state index in [0.717, 1.165) is 19.6 Å². The number of carboxylic acid groups (broad SMARTS) is 1. The van der Waals surface area contributed by atoms with Crippen molar-refractivity contribution >= 4 is 23.3 Å². The molecule has 5 heteroatoms. The highest BCUT2D eigenvalue weighted by molar-refractivity contribution is 6.31. The molecule has 1 aromatic carbocycles. The highest BCUT2D eigenvalue weighted by Crippen LogP contribution is 2.25. The monoisotopic (exact) mass is 255 g/mol. The molecule has 17 heavy (non-hydrogen) atoms. The van der Waals surface area contributed by atoms with Crippen molar-refractivity contribution in [3.05, 3.63) is 28.8 Å². The van der Waals surface area contributed by atoms with Crippen molar-refractivity contribution in [2.24, 2.45) is 0 Å². The molecule has 0 bridgehead atoms. The second-order valence-corrected chi connectivity index (χ2v) is 4.36. The number of carboxylic acids is 1. The average molecular weight is 256 g/mol. The first-order chi connectivity index (χ1) is 8.18. The van der Waals surface area contributed by atoms with Crippen LogP contribution in [0.4, 0.5) is 5.69 Å². The Morgan fingerprint density at radius 1 is 1.35 bits per heavy atom. The Bertz CT molecular complexity index is 414. The van der Waals surface area contributed by atoms with Crippen LogP contribution in [0.25, 0.3) is 0 Å². The summed E-state index contributed by atoms with van der Waals surface area (Å²) < 4.78 is 5.35. The van der Waals surface area contributed by atoms with Gasteiger partial charge in [-0.25, -0.2) is 4.79 Å². The van der Waals surface area contributed by atoms with Gasteiger partial charge in [0.1, 0.15) is 0 Å². The van der Waals surface area contributed by atoms with E-state index in [1.54, 1.807) is 18.2 Å². The van der Waals surface area contributed by atoms with Crippen LogP contribution in [0, 0.1) is 0 Å². The third kappa shape index (κ3) is 2.90. The fraction of sp³-hybridized carbons (Fsp3) is 0.417. The predicted molar refractivity (Wildman–Crippen MR) is 66.1 cm³/mol. The number of ether oxygens (including phenoxy) is 1. The van der Waals surface area contributed by atoms with Crippen molar-refractivity contribution in [2.75, 3.05) is 31.2 Å². The molecule has 0 atom stereocenters. The van der Waals surface area contributed by atoms with Crippen LogP contribution in [0.5, 0.6) is 0 Å². The van der Waals surface area contributed by atoms with Crippen LogP contribution in [0.2, 0.25) is 5.02 Å². The minimum absolute atomic E-state index is 0.288. The molecule has 1 aliphatic heterocycles. The minimum Gasteiger partial charge on any atom is -0.478 e. The SMILES string of the molecule is O=C(O)c1ccc(Cl)cc1N1CCCOCC1. The molecular formula is C12H14ClNO3. The second kappa shape index (κ2) is 5.38. The average Bonchev–Trinajstić information content (AvgIpc) is 2.56. The summed E-state index contributed by atoms with van der Waals surface area (Å²) in [6.45, 7) is 2.83. The van der Waals surface area contributed by atoms with Crippen LogP contribution in [0.3, 0.4) is 0 Å². The van der Waals surface area contributed by atoms with Crippen LogP contribution in [0.15, 0.2) is 18.2 Å². The Labute approximate surface area is 105 Å². The molecule has 0 aliphatic carbocycles. The van der Waals surface area contributed by atoms with E-state index in [1.165, 1.54) is 0 Å². The van der Waals surface area contributed by atoms with Gasteiger partial charge >= 0.3 is 5.97 Å². The van der Waals surface area contributed by atoms with Gasteiger partial charge in [0.2, 0.25) is 0 Å². The number of nitrogens with zero attached hydrogens (tertiary/aromatic N) is 1. The smallest absolute Gasteiger partial charge is 0.337 e. The van der Waals surface area contributed by atoms with Gasteiger partial charge in [-0.3, -0.25) is 0 Å². The van der Waals surface area contributed by atoms with Gasteiger partial charge in [0.15, 0.2) is 0 Å². The van der Waals surface area contributed by atoms with Crippen molar-refractivity contribution in [1.29, 1.82) is 0 Å². The largest absolute Gasteiger partial charge is 0.478 e. The van der Waals surface area contributed by atoms with Gasteiger partial charge in [-0.2, -0.15) is 0 Å². The molecule has 0 radical (unpaired) electrons. The first-order valence-electron chi connectivity index (χ1n) is 5.54. The van der Waals surface area contributed by atoms with E-state index >= 15 is 0 Å². The normalized spacial score (nSPS) is 16.6. The molecule has 4 nitrogen and oxygen atoms in total. The fourth-order valence-corrected chi connectivity index (χ4v) is 2.10. The highest BCUT2D eigenvalue weighted by Gasteiger charge is 2.17. The van der Waals surface area contributed by atoms with E-state index in [2.05, 4.69) is 0 Å². The van der Waals surface area contributed by atoms with Crippen LogP contribution >= 0.6 is 11.6 Å². The lowest BCUT2D eigenvalue weighted by molar-refractivity contribution is 0.0697. The molecule has 1 aromatic rings. The molecule has 0 saturated carbocycles. The maximum atomic E-state index is 11.2. The highest BCUT2D eigenvalue weighted by atomic mass is 35.5. The number of anilines is 1. The summed E-state index contributed by atoms with van der Waals surface area (Å²) in [4.78, 5) is 13.2. The third-order valence-electron chi connectivity index (χ3n) is 2.75. The van der Waals surface area contributed by atoms with Crippen molar-refractivity contribution in [1.82, 2.24) is 0 Å². The molecule has 0 spiro atoms. The number of carbonyl (C=O) groups is 1. The molecule has 1 N–H and O–H groups in total. The summed E-state index contributed by atoms with van der Waals surface area (Å²) in [5, 5.41) is 9.71. The lowest BCUT2D eigenvalue weighted by atomic mass is 10.1. The van der Waals surface area contributed by atoms with Crippen molar-refractivity contribution < 1.29 is 14.6 Å². The topological polar surface area (TPSA) is 49.8 Å². The summed E-state index contributed by atoms with van der Waals surface area (Å²) in [6.07, 6.45) is 0.894. The quantitative estimate of drug-likeness (QED) is 0.881. The zero-order valence-corrected chi connectivity index (χ0v) is 10.1. The number of hydrogen-bond donors (Lipinski definition) is 1.